The molecule has 2 rings (SSSR count). The smallest absolute Gasteiger partial charge is 0.166 e. The molecule has 0 N–H and O–H groups in total. The first kappa shape index (κ1) is 14.4. The molecular weight excluding hydrogens is 258 g/mol. The molecule has 0 aliphatic carbocycles. The molecule has 0 atom stereocenters. The van der Waals surface area contributed by atoms with Crippen molar-refractivity contribution in [1.29, 1.82) is 0 Å². The predicted octanol–water partition coefficient (Wildman–Crippen LogP) is 4.40. The van der Waals surface area contributed by atoms with Crippen LogP contribution >= 0.6 is 0 Å². The fraction of sp³-hybridized carbons (Fsp3) is 0.235. The second-order valence-corrected chi connectivity index (χ2v) is 4.92. The fourth-order valence-corrected chi connectivity index (χ4v) is 2.33. The lowest BCUT2D eigenvalue weighted by atomic mass is 9.96. The van der Waals surface area contributed by atoms with Crippen molar-refractivity contribution in [2.75, 3.05) is 0 Å². The van der Waals surface area contributed by atoms with E-state index in [1.54, 1.807) is 0 Å². The summed E-state index contributed by atoms with van der Waals surface area (Å²) in [5.41, 5.74) is 3.32. The lowest BCUT2D eigenvalue weighted by molar-refractivity contribution is 0.0979. The van der Waals surface area contributed by atoms with Crippen LogP contribution in [0.3, 0.4) is 0 Å². The standard InChI is InChI=1S/C17H16F2O/c1-11-4-3-5-12(2)14(11)8-9-17(20)15-7-6-13(18)10-16(15)19/h3-7,10H,8-9H2,1-2H3. The summed E-state index contributed by atoms with van der Waals surface area (Å²) < 4.78 is 26.3. The van der Waals surface area contributed by atoms with E-state index in [1.807, 2.05) is 32.0 Å². The number of rotatable bonds is 4. The molecule has 3 heteroatoms. The van der Waals surface area contributed by atoms with Crippen LogP contribution in [0.1, 0.15) is 33.5 Å². The average molecular weight is 274 g/mol. The van der Waals surface area contributed by atoms with Gasteiger partial charge in [-0.2, -0.15) is 0 Å². The lowest BCUT2D eigenvalue weighted by Gasteiger charge is -2.09. The van der Waals surface area contributed by atoms with Gasteiger partial charge in [-0.1, -0.05) is 18.2 Å². The summed E-state index contributed by atoms with van der Waals surface area (Å²) in [6.45, 7) is 3.98. The minimum Gasteiger partial charge on any atom is -0.294 e. The van der Waals surface area contributed by atoms with Crippen LogP contribution < -0.4 is 0 Å². The number of benzene rings is 2. The van der Waals surface area contributed by atoms with Crippen LogP contribution in [0.2, 0.25) is 0 Å². The summed E-state index contributed by atoms with van der Waals surface area (Å²) >= 11 is 0. The van der Waals surface area contributed by atoms with E-state index in [-0.39, 0.29) is 17.8 Å². The van der Waals surface area contributed by atoms with Crippen LogP contribution in [0.15, 0.2) is 36.4 Å². The Morgan fingerprint density at radius 1 is 1.05 bits per heavy atom. The fourth-order valence-electron chi connectivity index (χ4n) is 2.33. The van der Waals surface area contributed by atoms with E-state index < -0.39 is 11.6 Å². The Balaban J connectivity index is 2.13. The van der Waals surface area contributed by atoms with E-state index in [9.17, 15) is 13.6 Å². The normalized spacial score (nSPS) is 10.6. The van der Waals surface area contributed by atoms with Crippen molar-refractivity contribution in [3.8, 4) is 0 Å². The van der Waals surface area contributed by atoms with Gasteiger partial charge in [0.15, 0.2) is 5.78 Å². The van der Waals surface area contributed by atoms with Crippen LogP contribution in [-0.2, 0) is 6.42 Å². The summed E-state index contributed by atoms with van der Waals surface area (Å²) in [5.74, 6) is -1.77. The monoisotopic (exact) mass is 274 g/mol. The second-order valence-electron chi connectivity index (χ2n) is 4.92. The SMILES string of the molecule is Cc1cccc(C)c1CCC(=O)c1ccc(F)cc1F. The van der Waals surface area contributed by atoms with Crippen LogP contribution in [-0.4, -0.2) is 5.78 Å². The lowest BCUT2D eigenvalue weighted by Crippen LogP contribution is -2.06. The van der Waals surface area contributed by atoms with E-state index in [2.05, 4.69) is 0 Å². The molecule has 0 aliphatic rings. The third-order valence-corrected chi connectivity index (χ3v) is 3.48. The highest BCUT2D eigenvalue weighted by atomic mass is 19.1. The first-order chi connectivity index (χ1) is 9.49. The molecule has 0 aromatic heterocycles. The van der Waals surface area contributed by atoms with E-state index >= 15 is 0 Å². The highest BCUT2D eigenvalue weighted by Gasteiger charge is 2.13. The maximum atomic E-state index is 13.5. The number of ketones is 1. The summed E-state index contributed by atoms with van der Waals surface area (Å²) in [5, 5.41) is 0. The highest BCUT2D eigenvalue weighted by molar-refractivity contribution is 5.96. The molecule has 0 fully saturated rings. The van der Waals surface area contributed by atoms with Gasteiger partial charge in [-0.15, -0.1) is 0 Å². The number of halogens is 2. The van der Waals surface area contributed by atoms with Crippen molar-refractivity contribution in [2.45, 2.75) is 26.7 Å². The van der Waals surface area contributed by atoms with Gasteiger partial charge in [0.1, 0.15) is 11.6 Å². The number of carbonyl (C=O) groups excluding carboxylic acids is 1. The van der Waals surface area contributed by atoms with Crippen molar-refractivity contribution in [1.82, 2.24) is 0 Å². The second kappa shape index (κ2) is 5.95. The minimum absolute atomic E-state index is 0.0439. The number of hydrogen-bond donors (Lipinski definition) is 0. The van der Waals surface area contributed by atoms with E-state index in [0.717, 1.165) is 28.8 Å². The van der Waals surface area contributed by atoms with E-state index in [4.69, 9.17) is 0 Å². The molecule has 2 aromatic rings. The summed E-state index contributed by atoms with van der Waals surface area (Å²) in [6.07, 6.45) is 0.780. The van der Waals surface area contributed by atoms with Gasteiger partial charge in [-0.25, -0.2) is 8.78 Å². The van der Waals surface area contributed by atoms with E-state index in [1.165, 1.54) is 6.07 Å². The molecular formula is C17H16F2O. The van der Waals surface area contributed by atoms with Gasteiger partial charge in [-0.3, -0.25) is 4.79 Å². The van der Waals surface area contributed by atoms with Crippen molar-refractivity contribution >= 4 is 5.78 Å². The molecule has 0 bridgehead atoms. The topological polar surface area (TPSA) is 17.1 Å². The first-order valence-electron chi connectivity index (χ1n) is 6.52. The average Bonchev–Trinajstić information content (AvgIpc) is 2.37. The van der Waals surface area contributed by atoms with Crippen molar-refractivity contribution < 1.29 is 13.6 Å². The zero-order valence-electron chi connectivity index (χ0n) is 11.5. The number of carbonyl (C=O) groups is 1. The molecule has 1 nitrogen and oxygen atoms in total. The zero-order chi connectivity index (χ0) is 14.7. The molecule has 0 amide bonds. The molecule has 0 saturated heterocycles. The third-order valence-electron chi connectivity index (χ3n) is 3.48. The Hall–Kier alpha value is -2.03. The van der Waals surface area contributed by atoms with Crippen LogP contribution in [0, 0.1) is 25.5 Å². The molecule has 2 aromatic carbocycles. The summed E-state index contributed by atoms with van der Waals surface area (Å²) in [6, 6.07) is 9.01. The number of hydrogen-bond acceptors (Lipinski definition) is 1. The Morgan fingerprint density at radius 2 is 1.70 bits per heavy atom. The van der Waals surface area contributed by atoms with Gasteiger partial charge >= 0.3 is 0 Å². The summed E-state index contributed by atoms with van der Waals surface area (Å²) in [7, 11) is 0. The summed E-state index contributed by atoms with van der Waals surface area (Å²) in [4.78, 5) is 12.0. The molecule has 0 spiro atoms. The number of Topliss-reactive ketones (excluding diaryl/α,β-unsaturated/α-hetero) is 1. The molecule has 20 heavy (non-hydrogen) atoms. The maximum absolute atomic E-state index is 13.5. The van der Waals surface area contributed by atoms with E-state index in [0.29, 0.717) is 6.42 Å². The molecule has 0 heterocycles. The van der Waals surface area contributed by atoms with Crippen molar-refractivity contribution in [3.63, 3.8) is 0 Å². The Bertz CT molecular complexity index is 627. The largest absolute Gasteiger partial charge is 0.294 e. The Kier molecular flexibility index (Phi) is 4.28. The number of aryl methyl sites for hydroxylation is 2. The van der Waals surface area contributed by atoms with Crippen LogP contribution in [0.4, 0.5) is 8.78 Å². The molecule has 0 unspecified atom stereocenters. The molecule has 0 aliphatic heterocycles. The van der Waals surface area contributed by atoms with Gasteiger partial charge < -0.3 is 0 Å². The zero-order valence-corrected chi connectivity index (χ0v) is 11.5. The van der Waals surface area contributed by atoms with Crippen molar-refractivity contribution in [3.05, 3.63) is 70.3 Å². The molecule has 0 saturated carbocycles. The first-order valence-corrected chi connectivity index (χ1v) is 6.52. The predicted molar refractivity (Wildman–Crippen MR) is 74.9 cm³/mol. The van der Waals surface area contributed by atoms with Gasteiger partial charge in [0.2, 0.25) is 0 Å². The van der Waals surface area contributed by atoms with Crippen molar-refractivity contribution in [2.24, 2.45) is 0 Å². The molecule has 104 valence electrons. The van der Waals surface area contributed by atoms with Gasteiger partial charge in [0.05, 0.1) is 5.56 Å². The minimum atomic E-state index is -0.795. The van der Waals surface area contributed by atoms with Gasteiger partial charge in [0, 0.05) is 12.5 Å². The molecule has 0 radical (unpaired) electrons. The van der Waals surface area contributed by atoms with Crippen LogP contribution in [0.25, 0.3) is 0 Å². The highest BCUT2D eigenvalue weighted by Crippen LogP contribution is 2.18. The third kappa shape index (κ3) is 3.10. The quantitative estimate of drug-likeness (QED) is 0.755. The Labute approximate surface area is 117 Å². The van der Waals surface area contributed by atoms with Gasteiger partial charge in [0.25, 0.3) is 0 Å². The van der Waals surface area contributed by atoms with Gasteiger partial charge in [-0.05, 0) is 49.1 Å². The maximum Gasteiger partial charge on any atom is 0.166 e. The van der Waals surface area contributed by atoms with Crippen LogP contribution in [0.5, 0.6) is 0 Å². The Morgan fingerprint density at radius 3 is 2.30 bits per heavy atom.